The van der Waals surface area contributed by atoms with Gasteiger partial charge in [-0.05, 0) is 43.7 Å². The number of methoxy groups -OCH3 is 4. The minimum absolute atomic E-state index is 0.0885. The van der Waals surface area contributed by atoms with E-state index >= 15 is 0 Å². The Kier molecular flexibility index (Phi) is 8.88. The third kappa shape index (κ3) is 6.26. The fraction of sp³-hybridized carbons (Fsp3) is 0.296. The van der Waals surface area contributed by atoms with Gasteiger partial charge in [0.05, 0.1) is 45.1 Å². The fourth-order valence-electron chi connectivity index (χ4n) is 3.75. The molecule has 0 unspecified atom stereocenters. The van der Waals surface area contributed by atoms with Gasteiger partial charge in [-0.1, -0.05) is 29.8 Å². The summed E-state index contributed by atoms with van der Waals surface area (Å²) in [5, 5.41) is 2.88. The molecule has 0 aliphatic heterocycles. The SMILES string of the molecule is COc1ccc(OC)c(N(CC(=O)N[C@@H](C)c2ccc(C)cc2)S(=O)(=O)c2ccc(OC)c(OC)c2)c1. The molecule has 0 saturated carbocycles. The van der Waals surface area contributed by atoms with E-state index in [-0.39, 0.29) is 28.1 Å². The van der Waals surface area contributed by atoms with Gasteiger partial charge in [0.15, 0.2) is 11.5 Å². The first-order chi connectivity index (χ1) is 17.6. The molecule has 9 nitrogen and oxygen atoms in total. The molecule has 3 aromatic carbocycles. The van der Waals surface area contributed by atoms with Gasteiger partial charge in [0, 0.05) is 12.1 Å². The van der Waals surface area contributed by atoms with Gasteiger partial charge < -0.3 is 24.3 Å². The number of nitrogens with zero attached hydrogens (tertiary/aromatic N) is 1. The Morgan fingerprint density at radius 3 is 2.05 bits per heavy atom. The molecule has 0 bridgehead atoms. The number of rotatable bonds is 11. The molecule has 1 N–H and O–H groups in total. The van der Waals surface area contributed by atoms with Crippen LogP contribution in [-0.4, -0.2) is 49.3 Å². The van der Waals surface area contributed by atoms with Crippen LogP contribution < -0.4 is 28.6 Å². The molecular weight excluding hydrogens is 496 g/mol. The molecule has 198 valence electrons. The van der Waals surface area contributed by atoms with Crippen molar-refractivity contribution >= 4 is 21.6 Å². The first-order valence-corrected chi connectivity index (χ1v) is 12.9. The van der Waals surface area contributed by atoms with Gasteiger partial charge in [0.1, 0.15) is 18.0 Å². The molecule has 0 aromatic heterocycles. The maximum Gasteiger partial charge on any atom is 0.265 e. The van der Waals surface area contributed by atoms with E-state index in [2.05, 4.69) is 5.32 Å². The molecule has 3 aromatic rings. The van der Waals surface area contributed by atoms with Crippen LogP contribution in [0.15, 0.2) is 65.6 Å². The fourth-order valence-corrected chi connectivity index (χ4v) is 5.19. The number of sulfonamides is 1. The highest BCUT2D eigenvalue weighted by Crippen LogP contribution is 2.37. The summed E-state index contributed by atoms with van der Waals surface area (Å²) < 4.78 is 50.2. The van der Waals surface area contributed by atoms with Gasteiger partial charge in [-0.3, -0.25) is 9.10 Å². The van der Waals surface area contributed by atoms with E-state index in [1.807, 2.05) is 38.1 Å². The quantitative estimate of drug-likeness (QED) is 0.400. The van der Waals surface area contributed by atoms with Crippen LogP contribution in [0.5, 0.6) is 23.0 Å². The van der Waals surface area contributed by atoms with Gasteiger partial charge in [-0.15, -0.1) is 0 Å². The summed E-state index contributed by atoms with van der Waals surface area (Å²) in [6, 6.07) is 16.4. The summed E-state index contributed by atoms with van der Waals surface area (Å²) in [6.45, 7) is 3.31. The molecule has 3 rings (SSSR count). The molecule has 1 amide bonds. The number of benzene rings is 3. The number of amides is 1. The maximum atomic E-state index is 14.0. The van der Waals surface area contributed by atoms with Crippen LogP contribution in [0.2, 0.25) is 0 Å². The summed E-state index contributed by atoms with van der Waals surface area (Å²) >= 11 is 0. The van der Waals surface area contributed by atoms with E-state index in [0.29, 0.717) is 11.5 Å². The second-order valence-electron chi connectivity index (χ2n) is 8.27. The molecule has 1 atom stereocenters. The van der Waals surface area contributed by atoms with Crippen LogP contribution in [-0.2, 0) is 14.8 Å². The van der Waals surface area contributed by atoms with Crippen molar-refractivity contribution in [2.45, 2.75) is 24.8 Å². The molecule has 0 spiro atoms. The van der Waals surface area contributed by atoms with Gasteiger partial charge in [0.25, 0.3) is 10.0 Å². The predicted molar refractivity (Wildman–Crippen MR) is 141 cm³/mol. The van der Waals surface area contributed by atoms with Crippen LogP contribution >= 0.6 is 0 Å². The Morgan fingerprint density at radius 2 is 1.46 bits per heavy atom. The number of anilines is 1. The number of nitrogens with one attached hydrogen (secondary N) is 1. The van der Waals surface area contributed by atoms with Crippen molar-refractivity contribution in [1.29, 1.82) is 0 Å². The largest absolute Gasteiger partial charge is 0.497 e. The number of aryl methyl sites for hydroxylation is 1. The Bertz CT molecular complexity index is 1340. The van der Waals surface area contributed by atoms with Crippen LogP contribution in [0.25, 0.3) is 0 Å². The lowest BCUT2D eigenvalue weighted by Crippen LogP contribution is -2.41. The number of carbonyl (C=O) groups excluding carboxylic acids is 1. The predicted octanol–water partition coefficient (Wildman–Crippen LogP) is 4.10. The lowest BCUT2D eigenvalue weighted by Gasteiger charge is -2.27. The Morgan fingerprint density at radius 1 is 0.838 bits per heavy atom. The molecule has 0 aliphatic rings. The van der Waals surface area contributed by atoms with E-state index in [4.69, 9.17) is 18.9 Å². The van der Waals surface area contributed by atoms with Crippen molar-refractivity contribution in [1.82, 2.24) is 5.32 Å². The average molecular weight is 529 g/mol. The molecule has 0 radical (unpaired) electrons. The monoisotopic (exact) mass is 528 g/mol. The molecule has 0 aliphatic carbocycles. The van der Waals surface area contributed by atoms with Crippen molar-refractivity contribution in [3.63, 3.8) is 0 Å². The van der Waals surface area contributed by atoms with E-state index in [1.165, 1.54) is 52.7 Å². The summed E-state index contributed by atoms with van der Waals surface area (Å²) in [5.41, 5.74) is 2.14. The lowest BCUT2D eigenvalue weighted by molar-refractivity contribution is -0.120. The van der Waals surface area contributed by atoms with Crippen molar-refractivity contribution in [3.8, 4) is 23.0 Å². The lowest BCUT2D eigenvalue weighted by atomic mass is 10.1. The maximum absolute atomic E-state index is 14.0. The summed E-state index contributed by atoms with van der Waals surface area (Å²) in [6.07, 6.45) is 0. The van der Waals surface area contributed by atoms with Gasteiger partial charge >= 0.3 is 0 Å². The summed E-state index contributed by atoms with van der Waals surface area (Å²) in [5.74, 6) is 0.762. The van der Waals surface area contributed by atoms with Crippen LogP contribution in [0.1, 0.15) is 24.1 Å². The van der Waals surface area contributed by atoms with Crippen LogP contribution in [0.4, 0.5) is 5.69 Å². The molecule has 0 heterocycles. The first kappa shape index (κ1) is 27.7. The summed E-state index contributed by atoms with van der Waals surface area (Å²) in [7, 11) is 1.49. The smallest absolute Gasteiger partial charge is 0.265 e. The summed E-state index contributed by atoms with van der Waals surface area (Å²) in [4.78, 5) is 13.1. The third-order valence-electron chi connectivity index (χ3n) is 5.84. The zero-order chi connectivity index (χ0) is 27.2. The van der Waals surface area contributed by atoms with Gasteiger partial charge in [-0.2, -0.15) is 0 Å². The van der Waals surface area contributed by atoms with Crippen molar-refractivity contribution < 1.29 is 32.2 Å². The molecule has 37 heavy (non-hydrogen) atoms. The topological polar surface area (TPSA) is 103 Å². The van der Waals surface area contributed by atoms with E-state index in [9.17, 15) is 13.2 Å². The van der Waals surface area contributed by atoms with Crippen LogP contribution in [0, 0.1) is 6.92 Å². The second-order valence-corrected chi connectivity index (χ2v) is 10.1. The van der Waals surface area contributed by atoms with E-state index in [0.717, 1.165) is 15.4 Å². The normalized spacial score (nSPS) is 11.8. The first-order valence-electron chi connectivity index (χ1n) is 11.5. The minimum Gasteiger partial charge on any atom is -0.497 e. The Balaban J connectivity index is 2.04. The standard InChI is InChI=1S/C27H32N2O7S/c1-18-7-9-20(10-8-18)19(2)28-27(30)17-29(23-15-21(33-3)11-13-24(23)34-4)37(31,32)22-12-14-25(35-5)26(16-22)36-6/h7-16,19H,17H2,1-6H3,(H,28,30)/t19-/m0/s1. The molecule has 10 heteroatoms. The third-order valence-corrected chi connectivity index (χ3v) is 7.60. The Hall–Kier alpha value is -3.92. The zero-order valence-electron chi connectivity index (χ0n) is 21.8. The zero-order valence-corrected chi connectivity index (χ0v) is 22.6. The molecular formula is C27H32N2O7S. The highest BCUT2D eigenvalue weighted by molar-refractivity contribution is 7.92. The highest BCUT2D eigenvalue weighted by Gasteiger charge is 2.31. The number of hydrogen-bond acceptors (Lipinski definition) is 7. The average Bonchev–Trinajstić information content (AvgIpc) is 2.91. The van der Waals surface area contributed by atoms with E-state index in [1.54, 1.807) is 12.1 Å². The van der Waals surface area contributed by atoms with E-state index < -0.39 is 22.5 Å². The minimum atomic E-state index is -4.27. The number of ether oxygens (including phenoxy) is 4. The van der Waals surface area contributed by atoms with Crippen LogP contribution in [0.3, 0.4) is 0 Å². The van der Waals surface area contributed by atoms with Gasteiger partial charge in [0.2, 0.25) is 5.91 Å². The van der Waals surface area contributed by atoms with Crippen molar-refractivity contribution in [2.24, 2.45) is 0 Å². The van der Waals surface area contributed by atoms with Gasteiger partial charge in [-0.25, -0.2) is 8.42 Å². The number of hydrogen-bond donors (Lipinski definition) is 1. The van der Waals surface area contributed by atoms with Crippen molar-refractivity contribution in [2.75, 3.05) is 39.3 Å². The Labute approximate surface area is 218 Å². The van der Waals surface area contributed by atoms with Crippen molar-refractivity contribution in [3.05, 3.63) is 71.8 Å². The second kappa shape index (κ2) is 11.9. The molecule has 0 fully saturated rings. The highest BCUT2D eigenvalue weighted by atomic mass is 32.2. The molecule has 0 saturated heterocycles. The number of carbonyl (C=O) groups is 1.